The van der Waals surface area contributed by atoms with Gasteiger partial charge in [0.1, 0.15) is 11.8 Å². The average molecular weight is 253 g/mol. The van der Waals surface area contributed by atoms with Crippen LogP contribution in [0.15, 0.2) is 24.3 Å². The molecule has 0 fully saturated rings. The Labute approximate surface area is 103 Å². The molecule has 94 valence electrons. The molecule has 0 bridgehead atoms. The molecule has 1 aromatic rings. The minimum atomic E-state index is -1.70. The Balaban J connectivity index is 2.88. The standard InChI is InChI=1S/C12H19NO3Si/c1-17(2,3)16-11-7-5-4-6-9(11)8-10(13)12(14)15/h4-7,10H,8,13H2,1-3H3,(H,14,15). The van der Waals surface area contributed by atoms with Gasteiger partial charge in [0.15, 0.2) is 0 Å². The summed E-state index contributed by atoms with van der Waals surface area (Å²) in [5, 5.41) is 8.81. The van der Waals surface area contributed by atoms with Gasteiger partial charge in [-0.3, -0.25) is 4.79 Å². The van der Waals surface area contributed by atoms with Crippen molar-refractivity contribution in [2.75, 3.05) is 0 Å². The Morgan fingerprint density at radius 2 is 2.00 bits per heavy atom. The molecular formula is C12H19NO3Si. The highest BCUT2D eigenvalue weighted by Crippen LogP contribution is 2.22. The summed E-state index contributed by atoms with van der Waals surface area (Å²) in [5.74, 6) is -0.240. The lowest BCUT2D eigenvalue weighted by Gasteiger charge is -2.22. The minimum Gasteiger partial charge on any atom is -0.544 e. The van der Waals surface area contributed by atoms with Crippen LogP contribution in [0.2, 0.25) is 19.6 Å². The number of hydrogen-bond acceptors (Lipinski definition) is 3. The van der Waals surface area contributed by atoms with Crippen LogP contribution in [0.1, 0.15) is 5.56 Å². The van der Waals surface area contributed by atoms with Crippen LogP contribution in [-0.4, -0.2) is 25.4 Å². The Kier molecular flexibility index (Phi) is 4.31. The third kappa shape index (κ3) is 4.58. The number of aliphatic carboxylic acids is 1. The first-order chi connectivity index (χ1) is 7.79. The Morgan fingerprint density at radius 3 is 2.53 bits per heavy atom. The van der Waals surface area contributed by atoms with Gasteiger partial charge in [0, 0.05) is 6.42 Å². The lowest BCUT2D eigenvalue weighted by Crippen LogP contribution is -2.33. The first kappa shape index (κ1) is 13.7. The minimum absolute atomic E-state index is 0.288. The maximum absolute atomic E-state index is 10.7. The van der Waals surface area contributed by atoms with Crippen LogP contribution in [0.25, 0.3) is 0 Å². The molecule has 0 heterocycles. The monoisotopic (exact) mass is 253 g/mol. The van der Waals surface area contributed by atoms with Crippen molar-refractivity contribution in [3.8, 4) is 5.75 Å². The molecule has 0 saturated heterocycles. The summed E-state index contributed by atoms with van der Waals surface area (Å²) < 4.78 is 5.90. The fourth-order valence-corrected chi connectivity index (χ4v) is 2.29. The van der Waals surface area contributed by atoms with Gasteiger partial charge in [0.25, 0.3) is 0 Å². The van der Waals surface area contributed by atoms with Crippen LogP contribution in [0.5, 0.6) is 5.75 Å². The Hall–Kier alpha value is -1.33. The van der Waals surface area contributed by atoms with Gasteiger partial charge in [-0.15, -0.1) is 0 Å². The smallest absolute Gasteiger partial charge is 0.320 e. The van der Waals surface area contributed by atoms with Crippen molar-refractivity contribution in [1.82, 2.24) is 0 Å². The predicted molar refractivity (Wildman–Crippen MR) is 69.7 cm³/mol. The summed E-state index contributed by atoms with van der Waals surface area (Å²) in [6, 6.07) is 6.58. The van der Waals surface area contributed by atoms with E-state index >= 15 is 0 Å². The van der Waals surface area contributed by atoms with Crippen molar-refractivity contribution in [2.45, 2.75) is 32.1 Å². The second kappa shape index (κ2) is 5.33. The molecule has 0 aromatic heterocycles. The highest BCUT2D eigenvalue weighted by molar-refractivity contribution is 6.70. The fourth-order valence-electron chi connectivity index (χ4n) is 1.43. The topological polar surface area (TPSA) is 72.5 Å². The lowest BCUT2D eigenvalue weighted by molar-refractivity contribution is -0.138. The summed E-state index contributed by atoms with van der Waals surface area (Å²) in [6.45, 7) is 6.25. The molecule has 3 N–H and O–H groups in total. The summed E-state index contributed by atoms with van der Waals surface area (Å²) in [5.41, 5.74) is 6.39. The number of hydrogen-bond donors (Lipinski definition) is 2. The molecule has 1 atom stereocenters. The zero-order valence-corrected chi connectivity index (χ0v) is 11.4. The number of carbonyl (C=O) groups is 1. The van der Waals surface area contributed by atoms with Gasteiger partial charge in [-0.05, 0) is 31.3 Å². The molecule has 17 heavy (non-hydrogen) atoms. The molecule has 0 amide bonds. The van der Waals surface area contributed by atoms with Gasteiger partial charge in [-0.1, -0.05) is 18.2 Å². The van der Waals surface area contributed by atoms with Crippen LogP contribution >= 0.6 is 0 Å². The normalized spacial score (nSPS) is 13.2. The number of rotatable bonds is 5. The van der Waals surface area contributed by atoms with Gasteiger partial charge in [-0.25, -0.2) is 0 Å². The maximum Gasteiger partial charge on any atom is 0.320 e. The van der Waals surface area contributed by atoms with Crippen LogP contribution in [0.4, 0.5) is 0 Å². The summed E-state index contributed by atoms with van der Waals surface area (Å²) in [7, 11) is -1.70. The number of benzene rings is 1. The van der Waals surface area contributed by atoms with E-state index in [1.54, 1.807) is 0 Å². The van der Waals surface area contributed by atoms with Crippen molar-refractivity contribution in [3.05, 3.63) is 29.8 Å². The SMILES string of the molecule is C[Si](C)(C)Oc1ccccc1CC(N)C(=O)O. The first-order valence-electron chi connectivity index (χ1n) is 5.55. The number of nitrogens with two attached hydrogens (primary N) is 1. The Morgan fingerprint density at radius 1 is 1.41 bits per heavy atom. The number of carboxylic acids is 1. The molecule has 0 aliphatic heterocycles. The largest absolute Gasteiger partial charge is 0.544 e. The van der Waals surface area contributed by atoms with Crippen molar-refractivity contribution in [1.29, 1.82) is 0 Å². The molecule has 0 aliphatic carbocycles. The van der Waals surface area contributed by atoms with Gasteiger partial charge in [0.2, 0.25) is 8.32 Å². The number of carboxylic acid groups (broad SMARTS) is 1. The molecule has 5 heteroatoms. The summed E-state index contributed by atoms with van der Waals surface area (Å²) in [4.78, 5) is 10.7. The van der Waals surface area contributed by atoms with Crippen molar-refractivity contribution >= 4 is 14.3 Å². The van der Waals surface area contributed by atoms with E-state index in [0.29, 0.717) is 0 Å². The summed E-state index contributed by atoms with van der Waals surface area (Å²) in [6.07, 6.45) is 0.288. The van der Waals surface area contributed by atoms with E-state index in [1.807, 2.05) is 24.3 Å². The highest BCUT2D eigenvalue weighted by atomic mass is 28.4. The lowest BCUT2D eigenvalue weighted by atomic mass is 10.1. The molecular weight excluding hydrogens is 234 g/mol. The second-order valence-electron chi connectivity index (χ2n) is 4.97. The van der Waals surface area contributed by atoms with Gasteiger partial charge < -0.3 is 15.3 Å². The van der Waals surface area contributed by atoms with Gasteiger partial charge in [0.05, 0.1) is 0 Å². The fraction of sp³-hybridized carbons (Fsp3) is 0.417. The average Bonchev–Trinajstić information content (AvgIpc) is 2.18. The molecule has 1 aromatic carbocycles. The summed E-state index contributed by atoms with van der Waals surface area (Å²) >= 11 is 0. The van der Waals surface area contributed by atoms with E-state index in [1.165, 1.54) is 0 Å². The molecule has 0 spiro atoms. The van der Waals surface area contributed by atoms with Crippen LogP contribution in [0.3, 0.4) is 0 Å². The van der Waals surface area contributed by atoms with Crippen molar-refractivity contribution in [2.24, 2.45) is 5.73 Å². The van der Waals surface area contributed by atoms with Crippen LogP contribution < -0.4 is 10.2 Å². The quantitative estimate of drug-likeness (QED) is 0.786. The maximum atomic E-state index is 10.7. The third-order valence-corrected chi connectivity index (χ3v) is 2.98. The molecule has 1 unspecified atom stereocenters. The van der Waals surface area contributed by atoms with E-state index in [2.05, 4.69) is 19.6 Å². The van der Waals surface area contributed by atoms with E-state index in [0.717, 1.165) is 11.3 Å². The van der Waals surface area contributed by atoms with Crippen molar-refractivity contribution < 1.29 is 14.3 Å². The van der Waals surface area contributed by atoms with E-state index in [4.69, 9.17) is 15.3 Å². The number of para-hydroxylation sites is 1. The zero-order chi connectivity index (χ0) is 13.1. The highest BCUT2D eigenvalue weighted by Gasteiger charge is 2.20. The predicted octanol–water partition coefficient (Wildman–Crippen LogP) is 1.85. The van der Waals surface area contributed by atoms with E-state index in [9.17, 15) is 4.79 Å². The van der Waals surface area contributed by atoms with Gasteiger partial charge in [-0.2, -0.15) is 0 Å². The molecule has 0 aliphatic rings. The van der Waals surface area contributed by atoms with Crippen LogP contribution in [0, 0.1) is 0 Å². The Bertz CT molecular complexity index is 401. The molecule has 0 radical (unpaired) electrons. The molecule has 0 saturated carbocycles. The second-order valence-corrected chi connectivity index (χ2v) is 9.40. The van der Waals surface area contributed by atoms with E-state index in [-0.39, 0.29) is 6.42 Å². The first-order valence-corrected chi connectivity index (χ1v) is 8.96. The van der Waals surface area contributed by atoms with Crippen molar-refractivity contribution in [3.63, 3.8) is 0 Å². The van der Waals surface area contributed by atoms with Gasteiger partial charge >= 0.3 is 5.97 Å². The molecule has 4 nitrogen and oxygen atoms in total. The van der Waals surface area contributed by atoms with E-state index < -0.39 is 20.3 Å². The zero-order valence-electron chi connectivity index (χ0n) is 10.4. The molecule has 1 rings (SSSR count). The van der Waals surface area contributed by atoms with Crippen LogP contribution in [-0.2, 0) is 11.2 Å². The third-order valence-electron chi connectivity index (χ3n) is 2.15.